The van der Waals surface area contributed by atoms with E-state index in [1.165, 1.54) is 7.11 Å². The van der Waals surface area contributed by atoms with Crippen molar-refractivity contribution in [3.8, 4) is 0 Å². The van der Waals surface area contributed by atoms with Gasteiger partial charge in [-0.1, -0.05) is 48.5 Å². The minimum absolute atomic E-state index is 0.0398. The van der Waals surface area contributed by atoms with Gasteiger partial charge in [-0.25, -0.2) is 0 Å². The van der Waals surface area contributed by atoms with Crippen LogP contribution in [-0.4, -0.2) is 19.6 Å². The van der Waals surface area contributed by atoms with Gasteiger partial charge >= 0.3 is 0 Å². The van der Waals surface area contributed by atoms with Gasteiger partial charge in [-0.2, -0.15) is 0 Å². The molecule has 4 heteroatoms. The van der Waals surface area contributed by atoms with Crippen LogP contribution in [0.25, 0.3) is 0 Å². The number of rotatable bonds is 6. The number of ether oxygens (including phenoxy) is 1. The zero-order valence-electron chi connectivity index (χ0n) is 11.5. The van der Waals surface area contributed by atoms with Crippen LogP contribution < -0.4 is 10.4 Å². The average Bonchev–Trinajstić information content (AvgIpc) is 2.49. The van der Waals surface area contributed by atoms with Gasteiger partial charge in [-0.05, 0) is 17.7 Å². The lowest BCUT2D eigenvalue weighted by Gasteiger charge is -2.25. The van der Waals surface area contributed by atoms with Crippen LogP contribution in [0.4, 0.5) is 5.69 Å². The number of nitrogens with zero attached hydrogens (tertiary/aromatic N) is 1. The Morgan fingerprint density at radius 1 is 1.05 bits per heavy atom. The third-order valence-electron chi connectivity index (χ3n) is 2.79. The Kier molecular flexibility index (Phi) is 5.15. The molecule has 0 heterocycles. The molecule has 104 valence electrons. The number of nitrogens with one attached hydrogen (secondary N) is 1. The van der Waals surface area contributed by atoms with Crippen LogP contribution in [0.2, 0.25) is 0 Å². The molecule has 1 amide bonds. The van der Waals surface area contributed by atoms with Gasteiger partial charge in [0.1, 0.15) is 6.61 Å². The summed E-state index contributed by atoms with van der Waals surface area (Å²) >= 11 is 0. The van der Waals surface area contributed by atoms with Crippen molar-refractivity contribution in [3.05, 3.63) is 66.2 Å². The first-order valence-electron chi connectivity index (χ1n) is 6.44. The summed E-state index contributed by atoms with van der Waals surface area (Å²) in [5.74, 6) is -0.174. The van der Waals surface area contributed by atoms with Crippen LogP contribution in [0.5, 0.6) is 0 Å². The molecule has 0 spiro atoms. The number of para-hydroxylation sites is 1. The van der Waals surface area contributed by atoms with Crippen molar-refractivity contribution in [2.75, 3.05) is 18.7 Å². The van der Waals surface area contributed by atoms with Gasteiger partial charge in [0.05, 0.1) is 12.2 Å². The summed E-state index contributed by atoms with van der Waals surface area (Å²) in [4.78, 5) is 11.7. The molecule has 0 aromatic heterocycles. The Bertz CT molecular complexity index is 529. The molecule has 0 aliphatic carbocycles. The quantitative estimate of drug-likeness (QED) is 0.819. The number of anilines is 1. The smallest absolute Gasteiger partial charge is 0.264 e. The fourth-order valence-corrected chi connectivity index (χ4v) is 1.88. The van der Waals surface area contributed by atoms with E-state index >= 15 is 0 Å². The van der Waals surface area contributed by atoms with Crippen LogP contribution >= 0.6 is 0 Å². The van der Waals surface area contributed by atoms with E-state index in [4.69, 9.17) is 4.74 Å². The van der Waals surface area contributed by atoms with Crippen molar-refractivity contribution in [1.82, 2.24) is 5.43 Å². The molecule has 1 N–H and O–H groups in total. The van der Waals surface area contributed by atoms with Crippen LogP contribution in [0.15, 0.2) is 60.7 Å². The summed E-state index contributed by atoms with van der Waals surface area (Å²) in [6.07, 6.45) is 0. The average molecular weight is 270 g/mol. The maximum Gasteiger partial charge on any atom is 0.264 e. The first kappa shape index (κ1) is 14.1. The van der Waals surface area contributed by atoms with Crippen LogP contribution in [0, 0.1) is 0 Å². The molecule has 0 bridgehead atoms. The molecule has 2 rings (SSSR count). The number of benzene rings is 2. The standard InChI is InChI=1S/C16H18N2O2/c1-20-13-16(19)17-18(15-10-6-3-7-11-15)12-14-8-4-2-5-9-14/h2-11H,12-13H2,1H3,(H,17,19). The minimum Gasteiger partial charge on any atom is -0.375 e. The monoisotopic (exact) mass is 270 g/mol. The fraction of sp³-hybridized carbons (Fsp3) is 0.188. The molecule has 0 aliphatic rings. The molecule has 0 atom stereocenters. The number of methoxy groups -OCH3 is 1. The van der Waals surface area contributed by atoms with Gasteiger partial charge in [0.2, 0.25) is 0 Å². The molecule has 0 saturated heterocycles. The van der Waals surface area contributed by atoms with Gasteiger partial charge in [0.25, 0.3) is 5.91 Å². The molecule has 0 saturated carbocycles. The van der Waals surface area contributed by atoms with Gasteiger partial charge in [0, 0.05) is 7.11 Å². The van der Waals surface area contributed by atoms with Crippen LogP contribution in [0.3, 0.4) is 0 Å². The molecule has 0 radical (unpaired) electrons. The van der Waals surface area contributed by atoms with Crippen molar-refractivity contribution in [3.63, 3.8) is 0 Å². The number of hydrazine groups is 1. The van der Waals surface area contributed by atoms with Crippen molar-refractivity contribution in [2.45, 2.75) is 6.54 Å². The van der Waals surface area contributed by atoms with E-state index in [0.29, 0.717) is 6.54 Å². The predicted molar refractivity (Wildman–Crippen MR) is 79.1 cm³/mol. The van der Waals surface area contributed by atoms with Crippen molar-refractivity contribution >= 4 is 11.6 Å². The number of hydrogen-bond acceptors (Lipinski definition) is 3. The van der Waals surface area contributed by atoms with Crippen LogP contribution in [-0.2, 0) is 16.1 Å². The maximum absolute atomic E-state index is 11.7. The Balaban J connectivity index is 2.14. The summed E-state index contributed by atoms with van der Waals surface area (Å²) in [7, 11) is 1.50. The Morgan fingerprint density at radius 3 is 2.25 bits per heavy atom. The number of hydrogen-bond donors (Lipinski definition) is 1. The van der Waals surface area contributed by atoms with Gasteiger partial charge in [-0.3, -0.25) is 15.2 Å². The summed E-state index contributed by atoms with van der Waals surface area (Å²) in [5, 5.41) is 1.82. The lowest BCUT2D eigenvalue weighted by molar-refractivity contribution is -0.124. The normalized spacial score (nSPS) is 10.1. The lowest BCUT2D eigenvalue weighted by atomic mass is 10.2. The largest absolute Gasteiger partial charge is 0.375 e. The molecule has 2 aromatic rings. The highest BCUT2D eigenvalue weighted by molar-refractivity contribution is 5.79. The summed E-state index contributed by atoms with van der Waals surface area (Å²) in [6, 6.07) is 19.7. The van der Waals surface area contributed by atoms with E-state index in [1.807, 2.05) is 65.7 Å². The second kappa shape index (κ2) is 7.31. The number of carbonyl (C=O) groups is 1. The summed E-state index contributed by atoms with van der Waals surface area (Å²) < 4.78 is 4.85. The topological polar surface area (TPSA) is 41.6 Å². The van der Waals surface area contributed by atoms with Gasteiger partial charge in [-0.15, -0.1) is 0 Å². The highest BCUT2D eigenvalue weighted by Gasteiger charge is 2.10. The van der Waals surface area contributed by atoms with E-state index in [-0.39, 0.29) is 12.5 Å². The molecular weight excluding hydrogens is 252 g/mol. The van der Waals surface area contributed by atoms with Crippen LogP contribution in [0.1, 0.15) is 5.56 Å². The molecule has 20 heavy (non-hydrogen) atoms. The number of carbonyl (C=O) groups excluding carboxylic acids is 1. The van der Waals surface area contributed by atoms with Gasteiger partial charge in [0.15, 0.2) is 0 Å². The summed E-state index contributed by atoms with van der Waals surface area (Å²) in [6.45, 7) is 0.637. The molecule has 2 aromatic carbocycles. The summed E-state index contributed by atoms with van der Waals surface area (Å²) in [5.41, 5.74) is 4.90. The fourth-order valence-electron chi connectivity index (χ4n) is 1.88. The molecule has 4 nitrogen and oxygen atoms in total. The van der Waals surface area contributed by atoms with E-state index in [2.05, 4.69) is 5.43 Å². The Hall–Kier alpha value is -2.33. The zero-order chi connectivity index (χ0) is 14.2. The molecule has 0 aliphatic heterocycles. The maximum atomic E-state index is 11.7. The predicted octanol–water partition coefficient (Wildman–Crippen LogP) is 2.37. The molecule has 0 unspecified atom stereocenters. The van der Waals surface area contributed by atoms with Gasteiger partial charge < -0.3 is 4.74 Å². The third kappa shape index (κ3) is 4.10. The Labute approximate surface area is 119 Å². The molecule has 0 fully saturated rings. The van der Waals surface area contributed by atoms with E-state index in [1.54, 1.807) is 0 Å². The van der Waals surface area contributed by atoms with E-state index in [0.717, 1.165) is 11.3 Å². The highest BCUT2D eigenvalue weighted by atomic mass is 16.5. The van der Waals surface area contributed by atoms with E-state index in [9.17, 15) is 4.79 Å². The number of amides is 1. The second-order valence-corrected chi connectivity index (χ2v) is 4.38. The van der Waals surface area contributed by atoms with E-state index < -0.39 is 0 Å². The minimum atomic E-state index is -0.174. The van der Waals surface area contributed by atoms with Crippen molar-refractivity contribution < 1.29 is 9.53 Å². The van der Waals surface area contributed by atoms with Crippen molar-refractivity contribution in [2.24, 2.45) is 0 Å². The second-order valence-electron chi connectivity index (χ2n) is 4.38. The van der Waals surface area contributed by atoms with Crippen molar-refractivity contribution in [1.29, 1.82) is 0 Å². The lowest BCUT2D eigenvalue weighted by Crippen LogP contribution is -2.43. The molecular formula is C16H18N2O2. The SMILES string of the molecule is COCC(=O)NN(Cc1ccccc1)c1ccccc1. The first-order valence-corrected chi connectivity index (χ1v) is 6.44. The first-order chi connectivity index (χ1) is 9.79. The zero-order valence-corrected chi connectivity index (χ0v) is 11.5. The Morgan fingerprint density at radius 2 is 1.65 bits per heavy atom. The highest BCUT2D eigenvalue weighted by Crippen LogP contribution is 2.14. The third-order valence-corrected chi connectivity index (χ3v) is 2.79.